The van der Waals surface area contributed by atoms with Gasteiger partial charge < -0.3 is 20.1 Å². The highest BCUT2D eigenvalue weighted by Crippen LogP contribution is 2.34. The van der Waals surface area contributed by atoms with Crippen LogP contribution in [0.25, 0.3) is 11.1 Å². The van der Waals surface area contributed by atoms with Gasteiger partial charge in [0.05, 0.1) is 12.8 Å². The Morgan fingerprint density at radius 2 is 1.90 bits per heavy atom. The molecule has 31 heavy (non-hydrogen) atoms. The normalized spacial score (nSPS) is 16.0. The fraction of sp³-hybridized carbons (Fsp3) is 0.292. The number of hydrogen-bond acceptors (Lipinski definition) is 6. The Labute approximate surface area is 181 Å². The van der Waals surface area contributed by atoms with E-state index in [1.54, 1.807) is 13.3 Å². The predicted octanol–water partition coefficient (Wildman–Crippen LogP) is 3.52. The maximum absolute atomic E-state index is 12.8. The minimum atomic E-state index is -0.0263. The molecule has 0 bridgehead atoms. The van der Waals surface area contributed by atoms with Gasteiger partial charge in [-0.3, -0.25) is 4.79 Å². The molecule has 1 fully saturated rings. The molecule has 1 amide bonds. The van der Waals surface area contributed by atoms with Crippen LogP contribution >= 0.6 is 0 Å². The van der Waals surface area contributed by atoms with Gasteiger partial charge in [-0.25, -0.2) is 9.97 Å². The molecule has 2 aromatic carbocycles. The first-order chi connectivity index (χ1) is 15.1. The summed E-state index contributed by atoms with van der Waals surface area (Å²) >= 11 is 0. The Bertz CT molecular complexity index is 1020. The molecule has 1 saturated heterocycles. The number of benzene rings is 2. The monoisotopic (exact) mass is 418 g/mol. The third-order valence-electron chi connectivity index (χ3n) is 5.50. The number of likely N-dealkylation sites (tertiary alicyclic amines) is 1. The lowest BCUT2D eigenvalue weighted by Gasteiger charge is -2.33. The number of nitrogen functional groups attached to an aromatic ring is 1. The maximum Gasteiger partial charge on any atom is 0.260 e. The molecule has 1 aromatic heterocycles. The molecule has 7 nitrogen and oxygen atoms in total. The lowest BCUT2D eigenvalue weighted by molar-refractivity contribution is -0.134. The Morgan fingerprint density at radius 1 is 1.13 bits per heavy atom. The van der Waals surface area contributed by atoms with Crippen LogP contribution in [-0.4, -0.2) is 47.6 Å². The van der Waals surface area contributed by atoms with Gasteiger partial charge in [0.15, 0.2) is 6.61 Å². The van der Waals surface area contributed by atoms with Crippen molar-refractivity contribution < 1.29 is 14.3 Å². The molecule has 2 heterocycles. The van der Waals surface area contributed by atoms with Gasteiger partial charge in [-0.1, -0.05) is 30.3 Å². The van der Waals surface area contributed by atoms with Crippen molar-refractivity contribution in [3.8, 4) is 22.6 Å². The van der Waals surface area contributed by atoms with Crippen molar-refractivity contribution in [3.05, 3.63) is 66.5 Å². The number of aromatic nitrogens is 2. The minimum Gasteiger partial charge on any atom is -0.497 e. The molecule has 0 unspecified atom stereocenters. The lowest BCUT2D eigenvalue weighted by atomic mass is 9.90. The van der Waals surface area contributed by atoms with Crippen molar-refractivity contribution >= 4 is 11.9 Å². The fourth-order valence-corrected chi connectivity index (χ4v) is 3.89. The molecule has 1 aliphatic rings. The SMILES string of the molecule is COc1ccc(-c2cnc(N)nc2[C@@H]2CCCN(C(=O)COc3ccccc3)C2)cc1. The first-order valence-corrected chi connectivity index (χ1v) is 10.4. The molecule has 2 N–H and O–H groups in total. The van der Waals surface area contributed by atoms with Crippen molar-refractivity contribution in [2.24, 2.45) is 0 Å². The second-order valence-electron chi connectivity index (χ2n) is 7.54. The number of rotatable bonds is 6. The van der Waals surface area contributed by atoms with Gasteiger partial charge in [0.1, 0.15) is 11.5 Å². The molecule has 160 valence electrons. The van der Waals surface area contributed by atoms with E-state index in [1.807, 2.05) is 59.5 Å². The van der Waals surface area contributed by atoms with E-state index in [1.165, 1.54) is 0 Å². The molecule has 3 aromatic rings. The third-order valence-corrected chi connectivity index (χ3v) is 5.50. The number of para-hydroxylation sites is 1. The summed E-state index contributed by atoms with van der Waals surface area (Å²) in [6, 6.07) is 17.2. The smallest absolute Gasteiger partial charge is 0.260 e. The van der Waals surface area contributed by atoms with Crippen LogP contribution in [-0.2, 0) is 4.79 Å². The molecule has 0 aliphatic carbocycles. The first-order valence-electron chi connectivity index (χ1n) is 10.4. The van der Waals surface area contributed by atoms with Crippen LogP contribution in [0.2, 0.25) is 0 Å². The maximum atomic E-state index is 12.8. The van der Waals surface area contributed by atoms with E-state index >= 15 is 0 Å². The molecule has 7 heteroatoms. The number of anilines is 1. The molecule has 1 aliphatic heterocycles. The molecular formula is C24H26N4O3. The van der Waals surface area contributed by atoms with Crippen molar-refractivity contribution in [1.82, 2.24) is 14.9 Å². The number of amides is 1. The average molecular weight is 418 g/mol. The highest BCUT2D eigenvalue weighted by atomic mass is 16.5. The minimum absolute atomic E-state index is 0.0218. The van der Waals surface area contributed by atoms with E-state index in [9.17, 15) is 4.79 Å². The molecule has 1 atom stereocenters. The summed E-state index contributed by atoms with van der Waals surface area (Å²) < 4.78 is 10.9. The number of carbonyl (C=O) groups excluding carboxylic acids is 1. The summed E-state index contributed by atoms with van der Waals surface area (Å²) in [4.78, 5) is 23.4. The van der Waals surface area contributed by atoms with Crippen LogP contribution in [0.4, 0.5) is 5.95 Å². The second-order valence-corrected chi connectivity index (χ2v) is 7.54. The number of nitrogens with zero attached hydrogens (tertiary/aromatic N) is 3. The Hall–Kier alpha value is -3.61. The van der Waals surface area contributed by atoms with E-state index in [0.717, 1.165) is 35.4 Å². The van der Waals surface area contributed by atoms with Crippen LogP contribution in [0, 0.1) is 0 Å². The van der Waals surface area contributed by atoms with E-state index in [-0.39, 0.29) is 24.4 Å². The molecule has 4 rings (SSSR count). The molecule has 0 radical (unpaired) electrons. The van der Waals surface area contributed by atoms with Gasteiger partial charge in [0.2, 0.25) is 5.95 Å². The van der Waals surface area contributed by atoms with E-state index in [0.29, 0.717) is 18.8 Å². The van der Waals surface area contributed by atoms with Gasteiger partial charge in [0, 0.05) is 30.8 Å². The van der Waals surface area contributed by atoms with Crippen molar-refractivity contribution in [1.29, 1.82) is 0 Å². The number of ether oxygens (including phenoxy) is 2. The first kappa shape index (κ1) is 20.7. The van der Waals surface area contributed by atoms with Crippen LogP contribution < -0.4 is 15.2 Å². The largest absolute Gasteiger partial charge is 0.497 e. The number of nitrogens with two attached hydrogens (primary N) is 1. The predicted molar refractivity (Wildman–Crippen MR) is 119 cm³/mol. The highest BCUT2D eigenvalue weighted by molar-refractivity contribution is 5.78. The number of hydrogen-bond donors (Lipinski definition) is 1. The summed E-state index contributed by atoms with van der Waals surface area (Å²) in [7, 11) is 1.64. The van der Waals surface area contributed by atoms with E-state index in [2.05, 4.69) is 9.97 Å². The van der Waals surface area contributed by atoms with Gasteiger partial charge in [0.25, 0.3) is 5.91 Å². The number of methoxy groups -OCH3 is 1. The highest BCUT2D eigenvalue weighted by Gasteiger charge is 2.28. The summed E-state index contributed by atoms with van der Waals surface area (Å²) in [6.07, 6.45) is 3.59. The van der Waals surface area contributed by atoms with Crippen molar-refractivity contribution in [3.63, 3.8) is 0 Å². The third kappa shape index (κ3) is 4.94. The Kier molecular flexibility index (Phi) is 6.31. The Balaban J connectivity index is 1.51. The molecule has 0 saturated carbocycles. The second kappa shape index (κ2) is 9.47. The summed E-state index contributed by atoms with van der Waals surface area (Å²) in [5.41, 5.74) is 8.72. The zero-order chi connectivity index (χ0) is 21.6. The Morgan fingerprint density at radius 3 is 2.65 bits per heavy atom. The topological polar surface area (TPSA) is 90.6 Å². The van der Waals surface area contributed by atoms with Crippen LogP contribution in [0.15, 0.2) is 60.8 Å². The van der Waals surface area contributed by atoms with Crippen LogP contribution in [0.5, 0.6) is 11.5 Å². The van der Waals surface area contributed by atoms with E-state index < -0.39 is 0 Å². The van der Waals surface area contributed by atoms with Gasteiger partial charge in [-0.2, -0.15) is 0 Å². The summed E-state index contributed by atoms with van der Waals surface area (Å²) in [5.74, 6) is 1.77. The molecule has 0 spiro atoms. The quantitative estimate of drug-likeness (QED) is 0.659. The van der Waals surface area contributed by atoms with Crippen LogP contribution in [0.3, 0.4) is 0 Å². The van der Waals surface area contributed by atoms with Gasteiger partial charge >= 0.3 is 0 Å². The fourth-order valence-electron chi connectivity index (χ4n) is 3.89. The molecular weight excluding hydrogens is 392 g/mol. The average Bonchev–Trinajstić information content (AvgIpc) is 2.83. The van der Waals surface area contributed by atoms with Crippen LogP contribution in [0.1, 0.15) is 24.5 Å². The van der Waals surface area contributed by atoms with Gasteiger partial charge in [-0.05, 0) is 42.7 Å². The van der Waals surface area contributed by atoms with Crippen molar-refractivity contribution in [2.45, 2.75) is 18.8 Å². The van der Waals surface area contributed by atoms with Gasteiger partial charge in [-0.15, -0.1) is 0 Å². The number of piperidine rings is 1. The zero-order valence-corrected chi connectivity index (χ0v) is 17.5. The summed E-state index contributed by atoms with van der Waals surface area (Å²) in [6.45, 7) is 1.32. The zero-order valence-electron chi connectivity index (χ0n) is 17.5. The lowest BCUT2D eigenvalue weighted by Crippen LogP contribution is -2.41. The van der Waals surface area contributed by atoms with E-state index in [4.69, 9.17) is 15.2 Å². The van der Waals surface area contributed by atoms with Crippen molar-refractivity contribution in [2.75, 3.05) is 32.5 Å². The number of carbonyl (C=O) groups is 1. The standard InChI is InChI=1S/C24H26N4O3/c1-30-19-11-9-17(10-12-19)21-14-26-24(25)27-23(21)18-6-5-13-28(15-18)22(29)16-31-20-7-3-2-4-8-20/h2-4,7-12,14,18H,5-6,13,15-16H2,1H3,(H2,25,26,27)/t18-/m1/s1. The summed E-state index contributed by atoms with van der Waals surface area (Å²) in [5, 5.41) is 0.